The summed E-state index contributed by atoms with van der Waals surface area (Å²) in [4.78, 5) is 19.4. The van der Waals surface area contributed by atoms with Crippen LogP contribution in [0.15, 0.2) is 0 Å². The number of phosphoric acid groups is 1. The summed E-state index contributed by atoms with van der Waals surface area (Å²) in [6.07, 6.45) is 2.46. The van der Waals surface area contributed by atoms with E-state index in [0.717, 1.165) is 12.8 Å². The van der Waals surface area contributed by atoms with Crippen LogP contribution in [-0.2, 0) is 18.4 Å². The van der Waals surface area contributed by atoms with Crippen LogP contribution in [0.3, 0.4) is 0 Å². The molecule has 0 rings (SSSR count). The smallest absolute Gasteiger partial charge is 0.396 e. The van der Waals surface area contributed by atoms with E-state index in [-0.39, 0.29) is 19.1 Å². The normalized spacial score (nSPS) is 16.1. The first-order valence-electron chi connectivity index (χ1n) is 6.35. The first-order valence-corrected chi connectivity index (χ1v) is 7.84. The second-order valence-corrected chi connectivity index (χ2v) is 5.94. The van der Waals surface area contributed by atoms with Crippen LogP contribution in [0.25, 0.3) is 0 Å². The van der Waals surface area contributed by atoms with Gasteiger partial charge < -0.3 is 15.3 Å². The molecule has 0 aliphatic heterocycles. The van der Waals surface area contributed by atoms with Crippen molar-refractivity contribution in [1.82, 2.24) is 5.32 Å². The number of hydrogen-bond donors (Lipinski definition) is 3. The highest BCUT2D eigenvalue weighted by Gasteiger charge is 2.24. The van der Waals surface area contributed by atoms with E-state index in [1.165, 1.54) is 0 Å². The fraction of sp³-hybridized carbons (Fsp3) is 0.909. The third-order valence-electron chi connectivity index (χ3n) is 2.34. The molecule has 114 valence electrons. The molecule has 0 spiro atoms. The summed E-state index contributed by atoms with van der Waals surface area (Å²) in [5.41, 5.74) is 0. The molecular formula is C11H24NO6P. The number of aliphatic hydroxyl groups excluding tert-OH is 1. The second-order valence-electron chi connectivity index (χ2n) is 4.53. The average Bonchev–Trinajstić information content (AvgIpc) is 2.31. The lowest BCUT2D eigenvalue weighted by atomic mass is 10.0. The van der Waals surface area contributed by atoms with Gasteiger partial charge in [0.25, 0.3) is 0 Å². The molecule has 2 atom stereocenters. The maximum Gasteiger partial charge on any atom is 0.472 e. The summed E-state index contributed by atoms with van der Waals surface area (Å²) in [5.74, 6) is -0.215. The number of rotatable bonds is 12. The Morgan fingerprint density at radius 2 is 2.05 bits per heavy atom. The molecule has 0 aromatic heterocycles. The quantitative estimate of drug-likeness (QED) is 0.282. The number of aliphatic hydroxyl groups is 1. The van der Waals surface area contributed by atoms with Crippen molar-refractivity contribution in [3.63, 3.8) is 0 Å². The van der Waals surface area contributed by atoms with Crippen molar-refractivity contribution in [2.45, 2.75) is 39.2 Å². The molecule has 2 unspecified atom stereocenters. The Balaban J connectivity index is 3.86. The number of unbranched alkanes of at least 4 members (excludes halogenated alkanes) is 1. The molecule has 0 aromatic carbocycles. The molecule has 1 amide bonds. The number of phosphoric ester groups is 1. The third-order valence-corrected chi connectivity index (χ3v) is 3.51. The topological polar surface area (TPSA) is 105 Å². The van der Waals surface area contributed by atoms with Crippen LogP contribution in [0.1, 0.15) is 33.1 Å². The third kappa shape index (κ3) is 11.1. The Hall–Kier alpha value is -0.460. The van der Waals surface area contributed by atoms with Gasteiger partial charge in [0.05, 0.1) is 12.7 Å². The van der Waals surface area contributed by atoms with Gasteiger partial charge in [-0.2, -0.15) is 0 Å². The summed E-state index contributed by atoms with van der Waals surface area (Å²) in [6.45, 7) is 3.70. The SMILES string of the molecule is CC(C)OP(=O)(O)OCC(CO)CCCCNC=O. The van der Waals surface area contributed by atoms with E-state index >= 15 is 0 Å². The van der Waals surface area contributed by atoms with Crippen molar-refractivity contribution < 1.29 is 28.4 Å². The van der Waals surface area contributed by atoms with E-state index in [1.54, 1.807) is 13.8 Å². The van der Waals surface area contributed by atoms with Gasteiger partial charge in [-0.15, -0.1) is 0 Å². The van der Waals surface area contributed by atoms with Crippen molar-refractivity contribution in [3.05, 3.63) is 0 Å². The highest BCUT2D eigenvalue weighted by Crippen LogP contribution is 2.44. The van der Waals surface area contributed by atoms with Crippen molar-refractivity contribution in [1.29, 1.82) is 0 Å². The molecule has 0 aliphatic carbocycles. The summed E-state index contributed by atoms with van der Waals surface area (Å²) in [7, 11) is -4.04. The molecule has 0 saturated carbocycles. The molecular weight excluding hydrogens is 273 g/mol. The molecule has 3 N–H and O–H groups in total. The van der Waals surface area contributed by atoms with Gasteiger partial charge in [0.1, 0.15) is 0 Å². The molecule has 0 bridgehead atoms. The van der Waals surface area contributed by atoms with Crippen LogP contribution >= 0.6 is 7.82 Å². The summed E-state index contributed by atoms with van der Waals surface area (Å²) >= 11 is 0. The van der Waals surface area contributed by atoms with E-state index in [9.17, 15) is 14.3 Å². The van der Waals surface area contributed by atoms with Crippen LogP contribution in [0.2, 0.25) is 0 Å². The van der Waals surface area contributed by atoms with Crippen molar-refractivity contribution in [2.24, 2.45) is 5.92 Å². The molecule has 0 radical (unpaired) electrons. The number of carbonyl (C=O) groups excluding carboxylic acids is 1. The first kappa shape index (κ1) is 18.5. The molecule has 0 fully saturated rings. The Morgan fingerprint density at radius 1 is 1.37 bits per heavy atom. The van der Waals surface area contributed by atoms with Crippen molar-refractivity contribution in [3.8, 4) is 0 Å². The van der Waals surface area contributed by atoms with Gasteiger partial charge in [0, 0.05) is 19.1 Å². The Kier molecular flexibility index (Phi) is 10.1. The van der Waals surface area contributed by atoms with E-state index < -0.39 is 13.9 Å². The van der Waals surface area contributed by atoms with Crippen LogP contribution in [-0.4, -0.2) is 42.3 Å². The lowest BCUT2D eigenvalue weighted by molar-refractivity contribution is -0.109. The van der Waals surface area contributed by atoms with E-state index in [0.29, 0.717) is 19.4 Å². The lowest BCUT2D eigenvalue weighted by Crippen LogP contribution is -2.16. The largest absolute Gasteiger partial charge is 0.472 e. The van der Waals surface area contributed by atoms with Crippen molar-refractivity contribution in [2.75, 3.05) is 19.8 Å². The van der Waals surface area contributed by atoms with E-state index in [2.05, 4.69) is 5.32 Å². The maximum atomic E-state index is 11.4. The van der Waals surface area contributed by atoms with Gasteiger partial charge in [-0.05, 0) is 26.7 Å². The first-order chi connectivity index (χ1) is 8.91. The maximum absolute atomic E-state index is 11.4. The van der Waals surface area contributed by atoms with Gasteiger partial charge in [-0.3, -0.25) is 13.8 Å². The molecule has 0 heterocycles. The molecule has 19 heavy (non-hydrogen) atoms. The number of amides is 1. The number of nitrogens with one attached hydrogen (secondary N) is 1. The van der Waals surface area contributed by atoms with Crippen LogP contribution in [0.4, 0.5) is 0 Å². The molecule has 0 aromatic rings. The zero-order chi connectivity index (χ0) is 14.7. The van der Waals surface area contributed by atoms with Crippen molar-refractivity contribution >= 4 is 14.2 Å². The predicted octanol–water partition coefficient (Wildman–Crippen LogP) is 1.05. The molecule has 7 nitrogen and oxygen atoms in total. The lowest BCUT2D eigenvalue weighted by Gasteiger charge is -2.18. The van der Waals surface area contributed by atoms with E-state index in [1.807, 2.05) is 0 Å². The van der Waals surface area contributed by atoms with Crippen LogP contribution < -0.4 is 5.32 Å². The van der Waals surface area contributed by atoms with E-state index in [4.69, 9.17) is 14.2 Å². The van der Waals surface area contributed by atoms with Gasteiger partial charge in [-0.1, -0.05) is 6.42 Å². The minimum absolute atomic E-state index is 0.0297. The number of hydrogen-bond acceptors (Lipinski definition) is 5. The zero-order valence-electron chi connectivity index (χ0n) is 11.4. The highest BCUT2D eigenvalue weighted by molar-refractivity contribution is 7.47. The highest BCUT2D eigenvalue weighted by atomic mass is 31.2. The second kappa shape index (κ2) is 10.3. The van der Waals surface area contributed by atoms with Gasteiger partial charge in [0.2, 0.25) is 6.41 Å². The summed E-state index contributed by atoms with van der Waals surface area (Å²) < 4.78 is 21.0. The Bertz CT molecular complexity index is 286. The van der Waals surface area contributed by atoms with Crippen LogP contribution in [0.5, 0.6) is 0 Å². The van der Waals surface area contributed by atoms with Gasteiger partial charge >= 0.3 is 7.82 Å². The average molecular weight is 297 g/mol. The van der Waals surface area contributed by atoms with Gasteiger partial charge in [0.15, 0.2) is 0 Å². The monoisotopic (exact) mass is 297 g/mol. The minimum atomic E-state index is -4.04. The standard InChI is InChI=1S/C11H24NO6P/c1-10(2)18-19(15,16)17-8-11(7-13)5-3-4-6-12-9-14/h9-11,13H,3-8H2,1-2H3,(H,12,14)(H,15,16). The molecule has 8 heteroatoms. The summed E-state index contributed by atoms with van der Waals surface area (Å²) in [6, 6.07) is 0. The molecule has 0 aliphatic rings. The van der Waals surface area contributed by atoms with Gasteiger partial charge in [-0.25, -0.2) is 4.57 Å². The predicted molar refractivity (Wildman–Crippen MR) is 70.5 cm³/mol. The minimum Gasteiger partial charge on any atom is -0.396 e. The molecule has 0 saturated heterocycles. The fourth-order valence-corrected chi connectivity index (χ4v) is 2.44. The Labute approximate surface area is 113 Å². The van der Waals surface area contributed by atoms with Crippen LogP contribution in [0, 0.1) is 5.92 Å². The Morgan fingerprint density at radius 3 is 2.58 bits per heavy atom. The summed E-state index contributed by atoms with van der Waals surface area (Å²) in [5, 5.41) is 11.7. The zero-order valence-corrected chi connectivity index (χ0v) is 12.3. The number of carbonyl (C=O) groups is 1. The fourth-order valence-electron chi connectivity index (χ4n) is 1.44.